The molecule has 0 bridgehead atoms. The average molecular weight is 363 g/mol. The Morgan fingerprint density at radius 1 is 1.22 bits per heavy atom. The molecule has 5 heteroatoms. The average Bonchev–Trinajstić information content (AvgIpc) is 3.33. The van der Waals surface area contributed by atoms with Crippen molar-refractivity contribution in [1.29, 1.82) is 0 Å². The molecule has 1 aliphatic heterocycles. The number of anilines is 1. The van der Waals surface area contributed by atoms with Gasteiger partial charge in [0.1, 0.15) is 5.52 Å². The molecule has 0 radical (unpaired) electrons. The smallest absolute Gasteiger partial charge is 0.298 e. The molecule has 0 saturated carbocycles. The van der Waals surface area contributed by atoms with E-state index in [4.69, 9.17) is 4.42 Å². The molecule has 3 aromatic rings. The molecule has 2 heterocycles. The standard InChI is InChI=1S/C22H25N3O2/c1-2-6-16-10-12-17(13-11-16)21(26)23-15-18-7-5-14-25(18)22-24-19-8-3-4-9-20(19)27-22/h3-4,8-13,18H,2,5-7,14-15H2,1H3,(H,23,26). The highest BCUT2D eigenvalue weighted by molar-refractivity contribution is 5.94. The summed E-state index contributed by atoms with van der Waals surface area (Å²) in [4.78, 5) is 19.3. The number of hydrogen-bond acceptors (Lipinski definition) is 4. The minimum absolute atomic E-state index is 0.0255. The molecule has 5 nitrogen and oxygen atoms in total. The van der Waals surface area contributed by atoms with Crippen molar-refractivity contribution in [3.8, 4) is 0 Å². The molecular formula is C22H25N3O2. The van der Waals surface area contributed by atoms with Gasteiger partial charge in [-0.25, -0.2) is 0 Å². The van der Waals surface area contributed by atoms with Crippen LogP contribution < -0.4 is 10.2 Å². The van der Waals surface area contributed by atoms with E-state index in [2.05, 4.69) is 22.1 Å². The lowest BCUT2D eigenvalue weighted by atomic mass is 10.1. The molecule has 1 N–H and O–H groups in total. The number of hydrogen-bond donors (Lipinski definition) is 1. The SMILES string of the molecule is CCCc1ccc(C(=O)NCC2CCCN2c2nc3ccccc3o2)cc1. The van der Waals surface area contributed by atoms with Gasteiger partial charge >= 0.3 is 0 Å². The summed E-state index contributed by atoms with van der Waals surface area (Å²) in [7, 11) is 0. The Labute approximate surface area is 159 Å². The molecule has 27 heavy (non-hydrogen) atoms. The van der Waals surface area contributed by atoms with Crippen LogP contribution in [0.5, 0.6) is 0 Å². The van der Waals surface area contributed by atoms with Crippen molar-refractivity contribution >= 4 is 23.0 Å². The van der Waals surface area contributed by atoms with Crippen LogP contribution >= 0.6 is 0 Å². The second kappa shape index (κ2) is 7.82. The van der Waals surface area contributed by atoms with Crippen LogP contribution in [0.2, 0.25) is 0 Å². The van der Waals surface area contributed by atoms with E-state index in [9.17, 15) is 4.79 Å². The van der Waals surface area contributed by atoms with E-state index in [0.29, 0.717) is 18.1 Å². The van der Waals surface area contributed by atoms with E-state index in [0.717, 1.165) is 43.3 Å². The first-order valence-corrected chi connectivity index (χ1v) is 9.74. The summed E-state index contributed by atoms with van der Waals surface area (Å²) in [5.74, 6) is -0.0255. The molecule has 1 amide bonds. The monoisotopic (exact) mass is 363 g/mol. The number of rotatable bonds is 6. The Morgan fingerprint density at radius 2 is 2.04 bits per heavy atom. The quantitative estimate of drug-likeness (QED) is 0.714. The van der Waals surface area contributed by atoms with Gasteiger partial charge in [-0.1, -0.05) is 37.6 Å². The highest BCUT2D eigenvalue weighted by atomic mass is 16.4. The molecule has 1 fully saturated rings. The van der Waals surface area contributed by atoms with Crippen molar-refractivity contribution in [3.05, 3.63) is 59.7 Å². The van der Waals surface area contributed by atoms with Gasteiger partial charge in [-0.2, -0.15) is 4.98 Å². The number of nitrogens with zero attached hydrogens (tertiary/aromatic N) is 2. The Bertz CT molecular complexity index is 884. The fourth-order valence-corrected chi connectivity index (χ4v) is 3.71. The van der Waals surface area contributed by atoms with Crippen LogP contribution in [0, 0.1) is 0 Å². The Balaban J connectivity index is 1.40. The fraction of sp³-hybridized carbons (Fsp3) is 0.364. The summed E-state index contributed by atoms with van der Waals surface area (Å²) in [6.45, 7) is 3.65. The second-order valence-electron chi connectivity index (χ2n) is 7.11. The second-order valence-corrected chi connectivity index (χ2v) is 7.11. The molecular weight excluding hydrogens is 338 g/mol. The van der Waals surface area contributed by atoms with Crippen molar-refractivity contribution in [2.45, 2.75) is 38.6 Å². The van der Waals surface area contributed by atoms with Crippen molar-refractivity contribution < 1.29 is 9.21 Å². The van der Waals surface area contributed by atoms with E-state index in [-0.39, 0.29) is 11.9 Å². The van der Waals surface area contributed by atoms with Crippen molar-refractivity contribution in [1.82, 2.24) is 10.3 Å². The van der Waals surface area contributed by atoms with E-state index in [1.807, 2.05) is 48.5 Å². The van der Waals surface area contributed by atoms with Crippen molar-refractivity contribution in [2.24, 2.45) is 0 Å². The third-order valence-corrected chi connectivity index (χ3v) is 5.16. The molecule has 0 aliphatic carbocycles. The third-order valence-electron chi connectivity index (χ3n) is 5.16. The maximum absolute atomic E-state index is 12.5. The van der Waals surface area contributed by atoms with Gasteiger partial charge in [0.25, 0.3) is 11.9 Å². The zero-order valence-corrected chi connectivity index (χ0v) is 15.6. The number of carbonyl (C=O) groups excluding carboxylic acids is 1. The largest absolute Gasteiger partial charge is 0.423 e. The van der Waals surface area contributed by atoms with Gasteiger partial charge in [-0.05, 0) is 49.1 Å². The minimum atomic E-state index is -0.0255. The molecule has 1 unspecified atom stereocenters. The van der Waals surface area contributed by atoms with Crippen molar-refractivity contribution in [2.75, 3.05) is 18.0 Å². The van der Waals surface area contributed by atoms with Crippen LogP contribution in [-0.2, 0) is 6.42 Å². The molecule has 1 saturated heterocycles. The van der Waals surface area contributed by atoms with Crippen molar-refractivity contribution in [3.63, 3.8) is 0 Å². The highest BCUT2D eigenvalue weighted by Crippen LogP contribution is 2.28. The van der Waals surface area contributed by atoms with Crippen LogP contribution in [0.25, 0.3) is 11.1 Å². The van der Waals surface area contributed by atoms with Gasteiger partial charge in [0, 0.05) is 18.7 Å². The molecule has 1 atom stereocenters. The minimum Gasteiger partial charge on any atom is -0.423 e. The van der Waals surface area contributed by atoms with Gasteiger partial charge in [0.05, 0.1) is 6.04 Å². The maximum Gasteiger partial charge on any atom is 0.298 e. The summed E-state index contributed by atoms with van der Waals surface area (Å²) in [5.41, 5.74) is 3.65. The number of carbonyl (C=O) groups is 1. The Kier molecular flexibility index (Phi) is 5.10. The highest BCUT2D eigenvalue weighted by Gasteiger charge is 2.28. The predicted octanol–water partition coefficient (Wildman–Crippen LogP) is 4.18. The Hall–Kier alpha value is -2.82. The Morgan fingerprint density at radius 3 is 2.81 bits per heavy atom. The van der Waals surface area contributed by atoms with Gasteiger partial charge in [0.15, 0.2) is 5.58 Å². The molecule has 1 aromatic heterocycles. The molecule has 4 rings (SSSR count). The third kappa shape index (κ3) is 3.82. The first-order chi connectivity index (χ1) is 13.2. The van der Waals surface area contributed by atoms with Crippen LogP contribution in [-0.4, -0.2) is 30.0 Å². The lowest BCUT2D eigenvalue weighted by Gasteiger charge is -2.23. The molecule has 0 spiro atoms. The first-order valence-electron chi connectivity index (χ1n) is 9.74. The normalized spacial score (nSPS) is 16.8. The lowest BCUT2D eigenvalue weighted by Crippen LogP contribution is -2.40. The van der Waals surface area contributed by atoms with Crippen LogP contribution in [0.1, 0.15) is 42.1 Å². The lowest BCUT2D eigenvalue weighted by molar-refractivity contribution is 0.0951. The molecule has 2 aromatic carbocycles. The number of nitrogens with one attached hydrogen (secondary N) is 1. The van der Waals surface area contributed by atoms with Gasteiger partial charge in [-0.15, -0.1) is 0 Å². The van der Waals surface area contributed by atoms with E-state index in [1.54, 1.807) is 0 Å². The van der Waals surface area contributed by atoms with Crippen LogP contribution in [0.4, 0.5) is 6.01 Å². The van der Waals surface area contributed by atoms with E-state index in [1.165, 1.54) is 5.56 Å². The number of aryl methyl sites for hydroxylation is 1. The topological polar surface area (TPSA) is 58.4 Å². The summed E-state index contributed by atoms with van der Waals surface area (Å²) in [6.07, 6.45) is 4.25. The molecule has 1 aliphatic rings. The van der Waals surface area contributed by atoms with Gasteiger partial charge < -0.3 is 14.6 Å². The summed E-state index contributed by atoms with van der Waals surface area (Å²) in [6, 6.07) is 16.6. The fourth-order valence-electron chi connectivity index (χ4n) is 3.71. The molecule has 140 valence electrons. The zero-order valence-electron chi connectivity index (χ0n) is 15.6. The maximum atomic E-state index is 12.5. The van der Waals surface area contributed by atoms with Crippen LogP contribution in [0.3, 0.4) is 0 Å². The predicted molar refractivity (Wildman–Crippen MR) is 107 cm³/mol. The van der Waals surface area contributed by atoms with E-state index < -0.39 is 0 Å². The summed E-state index contributed by atoms with van der Waals surface area (Å²) < 4.78 is 5.91. The summed E-state index contributed by atoms with van der Waals surface area (Å²) in [5, 5.41) is 3.08. The number of aromatic nitrogens is 1. The number of oxazole rings is 1. The number of amides is 1. The van der Waals surface area contributed by atoms with Crippen LogP contribution in [0.15, 0.2) is 52.9 Å². The first kappa shape index (κ1) is 17.6. The van der Waals surface area contributed by atoms with Gasteiger partial charge in [0.2, 0.25) is 0 Å². The number of fused-ring (bicyclic) bond motifs is 1. The summed E-state index contributed by atoms with van der Waals surface area (Å²) >= 11 is 0. The van der Waals surface area contributed by atoms with Gasteiger partial charge in [-0.3, -0.25) is 4.79 Å². The van der Waals surface area contributed by atoms with E-state index >= 15 is 0 Å². The number of benzene rings is 2. The zero-order chi connectivity index (χ0) is 18.6. The number of para-hydroxylation sites is 2.